The van der Waals surface area contributed by atoms with Gasteiger partial charge in [-0.2, -0.15) is 0 Å². The minimum absolute atomic E-state index is 0.251. The molecule has 1 atom stereocenters. The van der Waals surface area contributed by atoms with Crippen LogP contribution < -0.4 is 0 Å². The molecule has 0 bridgehead atoms. The van der Waals surface area contributed by atoms with Crippen LogP contribution in [0.25, 0.3) is 22.4 Å². The van der Waals surface area contributed by atoms with E-state index in [9.17, 15) is 5.11 Å². The molecule has 0 unspecified atom stereocenters. The maximum Gasteiger partial charge on any atom is 0.161 e. The Morgan fingerprint density at radius 1 is 1.03 bits per heavy atom. The Hall–Kier alpha value is -3.12. The number of benzene rings is 1. The van der Waals surface area contributed by atoms with Gasteiger partial charge in [-0.05, 0) is 57.4 Å². The number of aryl methyl sites for hydroxylation is 3. The third kappa shape index (κ3) is 3.08. The van der Waals surface area contributed by atoms with Gasteiger partial charge in [0.1, 0.15) is 16.9 Å². The minimum atomic E-state index is -1.07. The lowest BCUT2D eigenvalue weighted by Gasteiger charge is -2.18. The molecule has 0 fully saturated rings. The van der Waals surface area contributed by atoms with Crippen LogP contribution in [-0.2, 0) is 12.0 Å². The number of imidazole rings is 1. The van der Waals surface area contributed by atoms with Gasteiger partial charge in [0.05, 0.1) is 11.7 Å². The van der Waals surface area contributed by atoms with Crippen LogP contribution in [-0.4, -0.2) is 29.6 Å². The van der Waals surface area contributed by atoms with E-state index in [1.165, 1.54) is 16.7 Å². The molecule has 3 aromatic heterocycles. The first-order valence-corrected chi connectivity index (χ1v) is 10.3. The lowest BCUT2D eigenvalue weighted by Crippen LogP contribution is -2.19. The quantitative estimate of drug-likeness (QED) is 0.557. The Morgan fingerprint density at radius 2 is 1.80 bits per heavy atom. The average Bonchev–Trinajstić information content (AvgIpc) is 3.28. The van der Waals surface area contributed by atoms with Gasteiger partial charge in [-0.25, -0.2) is 19.9 Å². The van der Waals surface area contributed by atoms with Crippen molar-refractivity contribution in [2.75, 3.05) is 0 Å². The number of nitrogens with zero attached hydrogens (tertiary/aromatic N) is 5. The smallest absolute Gasteiger partial charge is 0.161 e. The van der Waals surface area contributed by atoms with Crippen molar-refractivity contribution in [2.45, 2.75) is 52.2 Å². The van der Waals surface area contributed by atoms with E-state index in [1.54, 1.807) is 26.2 Å². The van der Waals surface area contributed by atoms with E-state index < -0.39 is 5.60 Å². The van der Waals surface area contributed by atoms with Crippen molar-refractivity contribution in [3.63, 3.8) is 0 Å². The highest BCUT2D eigenvalue weighted by Gasteiger charge is 2.29. The highest BCUT2D eigenvalue weighted by atomic mass is 16.3. The van der Waals surface area contributed by atoms with Crippen molar-refractivity contribution in [1.29, 1.82) is 0 Å². The number of pyridine rings is 1. The number of hydrogen-bond donors (Lipinski definition) is 1. The Bertz CT molecular complexity index is 1250. The van der Waals surface area contributed by atoms with Crippen molar-refractivity contribution >= 4 is 11.2 Å². The molecule has 0 amide bonds. The molecule has 0 saturated heterocycles. The zero-order valence-electron chi connectivity index (χ0n) is 17.7. The highest BCUT2D eigenvalue weighted by molar-refractivity contribution is 5.76. The Morgan fingerprint density at radius 3 is 2.53 bits per heavy atom. The predicted octanol–water partition coefficient (Wildman–Crippen LogP) is 4.27. The first-order valence-electron chi connectivity index (χ1n) is 10.3. The van der Waals surface area contributed by atoms with Gasteiger partial charge in [0.15, 0.2) is 11.5 Å². The van der Waals surface area contributed by atoms with Crippen molar-refractivity contribution in [3.8, 4) is 11.3 Å². The Balaban J connectivity index is 1.60. The largest absolute Gasteiger partial charge is 0.382 e. The van der Waals surface area contributed by atoms with Gasteiger partial charge < -0.3 is 9.67 Å². The molecule has 4 aromatic rings. The molecule has 4 heterocycles. The third-order valence-electron chi connectivity index (χ3n) is 5.85. The van der Waals surface area contributed by atoms with Gasteiger partial charge in [-0.3, -0.25) is 0 Å². The summed E-state index contributed by atoms with van der Waals surface area (Å²) < 4.78 is 2.30. The van der Waals surface area contributed by atoms with E-state index >= 15 is 0 Å². The monoisotopic (exact) mass is 399 g/mol. The van der Waals surface area contributed by atoms with Crippen molar-refractivity contribution in [3.05, 3.63) is 71.1 Å². The van der Waals surface area contributed by atoms with E-state index in [0.717, 1.165) is 41.1 Å². The summed E-state index contributed by atoms with van der Waals surface area (Å²) in [6.07, 6.45) is 5.43. The lowest BCUT2D eigenvalue weighted by molar-refractivity contribution is 0.0687. The van der Waals surface area contributed by atoms with Gasteiger partial charge in [-0.1, -0.05) is 23.8 Å². The fourth-order valence-electron chi connectivity index (χ4n) is 4.27. The van der Waals surface area contributed by atoms with Crippen LogP contribution >= 0.6 is 0 Å². The number of hydrogen-bond acceptors (Lipinski definition) is 5. The van der Waals surface area contributed by atoms with Crippen LogP contribution in [0, 0.1) is 13.8 Å². The molecule has 1 N–H and O–H groups in total. The van der Waals surface area contributed by atoms with Crippen LogP contribution in [0.5, 0.6) is 0 Å². The molecule has 0 saturated carbocycles. The second kappa shape index (κ2) is 6.71. The van der Waals surface area contributed by atoms with Crippen molar-refractivity contribution in [1.82, 2.24) is 24.5 Å². The number of aromatic nitrogens is 5. The predicted molar refractivity (Wildman–Crippen MR) is 116 cm³/mol. The standard InChI is InChI=1S/C24H25N5O/c1-14-5-6-15(2)17(11-14)20-9-10-21-27-19-8-7-18(28-22(19)29(20)21)16-12-25-23(26-13-16)24(3,4)30/h5-8,11-13,20,30H,9-10H2,1-4H3/t20-/m1/s1. The summed E-state index contributed by atoms with van der Waals surface area (Å²) in [6.45, 7) is 7.66. The van der Waals surface area contributed by atoms with Crippen LogP contribution in [0.4, 0.5) is 0 Å². The van der Waals surface area contributed by atoms with Gasteiger partial charge in [0, 0.05) is 24.4 Å². The number of rotatable bonds is 3. The van der Waals surface area contributed by atoms with Gasteiger partial charge in [0.25, 0.3) is 0 Å². The van der Waals surface area contributed by atoms with E-state index in [2.05, 4.69) is 46.6 Å². The maximum absolute atomic E-state index is 10.1. The zero-order valence-corrected chi connectivity index (χ0v) is 17.7. The topological polar surface area (TPSA) is 76.7 Å². The normalized spacial score (nSPS) is 16.2. The highest BCUT2D eigenvalue weighted by Crippen LogP contribution is 2.37. The van der Waals surface area contributed by atoms with E-state index in [1.807, 2.05) is 12.1 Å². The first kappa shape index (κ1) is 18.9. The number of fused-ring (bicyclic) bond motifs is 3. The second-order valence-electron chi connectivity index (χ2n) is 8.71. The molecule has 6 nitrogen and oxygen atoms in total. The van der Waals surface area contributed by atoms with Crippen molar-refractivity contribution < 1.29 is 5.11 Å². The second-order valence-corrected chi connectivity index (χ2v) is 8.71. The molecule has 1 aliphatic rings. The summed E-state index contributed by atoms with van der Waals surface area (Å²) in [5.74, 6) is 1.49. The molecule has 6 heteroatoms. The molecule has 152 valence electrons. The SMILES string of the molecule is Cc1ccc(C)c([C@H]2CCc3nc4ccc(-c5cnc(C(C)(C)O)nc5)nc4n32)c1. The first-order chi connectivity index (χ1) is 14.3. The summed E-state index contributed by atoms with van der Waals surface area (Å²) >= 11 is 0. The van der Waals surface area contributed by atoms with E-state index in [-0.39, 0.29) is 6.04 Å². The van der Waals surface area contributed by atoms with E-state index in [4.69, 9.17) is 9.97 Å². The molecular weight excluding hydrogens is 374 g/mol. The van der Waals surface area contributed by atoms with Crippen LogP contribution in [0.1, 0.15) is 54.6 Å². The lowest BCUT2D eigenvalue weighted by atomic mass is 9.97. The molecule has 1 aromatic carbocycles. The fourth-order valence-corrected chi connectivity index (χ4v) is 4.27. The summed E-state index contributed by atoms with van der Waals surface area (Å²) in [7, 11) is 0. The number of aliphatic hydroxyl groups is 1. The third-order valence-corrected chi connectivity index (χ3v) is 5.85. The average molecular weight is 399 g/mol. The summed E-state index contributed by atoms with van der Waals surface area (Å²) in [4.78, 5) is 18.4. The molecular formula is C24H25N5O. The van der Waals surface area contributed by atoms with E-state index in [0.29, 0.717) is 5.82 Å². The van der Waals surface area contributed by atoms with Gasteiger partial charge in [0.2, 0.25) is 0 Å². The zero-order chi connectivity index (χ0) is 21.0. The Labute approximate surface area is 175 Å². The molecule has 1 aliphatic heterocycles. The molecule has 0 aliphatic carbocycles. The van der Waals surface area contributed by atoms with Crippen LogP contribution in [0.15, 0.2) is 42.7 Å². The van der Waals surface area contributed by atoms with Crippen LogP contribution in [0.3, 0.4) is 0 Å². The van der Waals surface area contributed by atoms with Crippen molar-refractivity contribution in [2.24, 2.45) is 0 Å². The summed E-state index contributed by atoms with van der Waals surface area (Å²) in [6, 6.07) is 10.9. The molecule has 5 rings (SSSR count). The molecule has 30 heavy (non-hydrogen) atoms. The molecule has 0 radical (unpaired) electrons. The summed E-state index contributed by atoms with van der Waals surface area (Å²) in [5.41, 5.74) is 6.29. The molecule has 0 spiro atoms. The van der Waals surface area contributed by atoms with Crippen LogP contribution in [0.2, 0.25) is 0 Å². The van der Waals surface area contributed by atoms with Gasteiger partial charge >= 0.3 is 0 Å². The fraction of sp³-hybridized carbons (Fsp3) is 0.333. The Kier molecular flexibility index (Phi) is 4.22. The maximum atomic E-state index is 10.1. The summed E-state index contributed by atoms with van der Waals surface area (Å²) in [5, 5.41) is 10.1. The minimum Gasteiger partial charge on any atom is -0.382 e. The van der Waals surface area contributed by atoms with Gasteiger partial charge in [-0.15, -0.1) is 0 Å².